The van der Waals surface area contributed by atoms with Crippen LogP contribution in [0.1, 0.15) is 19.8 Å². The second kappa shape index (κ2) is 5.00. The monoisotopic (exact) mass is 248 g/mol. The SMILES string of the molecule is CCC1CN(S(=O)(=O)C2CCNC2)CCO1. The van der Waals surface area contributed by atoms with Crippen molar-refractivity contribution in [1.82, 2.24) is 9.62 Å². The van der Waals surface area contributed by atoms with Gasteiger partial charge in [0.25, 0.3) is 0 Å². The Morgan fingerprint density at radius 3 is 2.94 bits per heavy atom. The van der Waals surface area contributed by atoms with Crippen LogP contribution >= 0.6 is 0 Å². The lowest BCUT2D eigenvalue weighted by Gasteiger charge is -2.33. The zero-order valence-electron chi connectivity index (χ0n) is 9.68. The molecule has 6 heteroatoms. The predicted octanol–water partition coefficient (Wildman–Crippen LogP) is -0.211. The molecule has 2 fully saturated rings. The predicted molar refractivity (Wildman–Crippen MR) is 61.8 cm³/mol. The van der Waals surface area contributed by atoms with Crippen molar-refractivity contribution >= 4 is 10.0 Å². The highest BCUT2D eigenvalue weighted by Gasteiger charge is 2.36. The maximum atomic E-state index is 12.3. The fourth-order valence-corrected chi connectivity index (χ4v) is 4.13. The van der Waals surface area contributed by atoms with Crippen molar-refractivity contribution in [2.75, 3.05) is 32.8 Å². The number of ether oxygens (including phenoxy) is 1. The highest BCUT2D eigenvalue weighted by molar-refractivity contribution is 7.89. The molecule has 0 bridgehead atoms. The number of sulfonamides is 1. The third kappa shape index (κ3) is 2.40. The van der Waals surface area contributed by atoms with Gasteiger partial charge in [-0.25, -0.2) is 8.42 Å². The summed E-state index contributed by atoms with van der Waals surface area (Å²) in [5.41, 5.74) is 0. The third-order valence-corrected chi connectivity index (χ3v) is 5.65. The van der Waals surface area contributed by atoms with E-state index in [9.17, 15) is 8.42 Å². The largest absolute Gasteiger partial charge is 0.375 e. The van der Waals surface area contributed by atoms with E-state index < -0.39 is 10.0 Å². The van der Waals surface area contributed by atoms with E-state index >= 15 is 0 Å². The molecule has 2 rings (SSSR count). The van der Waals surface area contributed by atoms with E-state index in [4.69, 9.17) is 4.74 Å². The molecule has 94 valence electrons. The van der Waals surface area contributed by atoms with E-state index in [0.717, 1.165) is 19.4 Å². The van der Waals surface area contributed by atoms with Gasteiger partial charge in [0.1, 0.15) is 0 Å². The first kappa shape index (κ1) is 12.3. The Labute approximate surface area is 97.2 Å². The van der Waals surface area contributed by atoms with Crippen LogP contribution in [0.2, 0.25) is 0 Å². The molecule has 2 aliphatic heterocycles. The Bertz CT molecular complexity index is 325. The maximum absolute atomic E-state index is 12.3. The van der Waals surface area contributed by atoms with Crippen molar-refractivity contribution in [2.24, 2.45) is 0 Å². The molecule has 2 atom stereocenters. The molecule has 2 saturated heterocycles. The molecular formula is C10H20N2O3S. The number of hydrogen-bond acceptors (Lipinski definition) is 4. The van der Waals surface area contributed by atoms with Gasteiger partial charge < -0.3 is 10.1 Å². The molecule has 1 N–H and O–H groups in total. The summed E-state index contributed by atoms with van der Waals surface area (Å²) in [7, 11) is -3.11. The summed E-state index contributed by atoms with van der Waals surface area (Å²) in [5, 5.41) is 2.87. The first-order valence-electron chi connectivity index (χ1n) is 5.96. The highest BCUT2D eigenvalue weighted by Crippen LogP contribution is 2.19. The second-order valence-corrected chi connectivity index (χ2v) is 6.63. The van der Waals surface area contributed by atoms with Crippen molar-refractivity contribution in [3.8, 4) is 0 Å². The van der Waals surface area contributed by atoms with Gasteiger partial charge in [-0.3, -0.25) is 0 Å². The zero-order chi connectivity index (χ0) is 11.6. The Balaban J connectivity index is 2.04. The van der Waals surface area contributed by atoms with Crippen LogP contribution < -0.4 is 5.32 Å². The normalized spacial score (nSPS) is 33.1. The number of rotatable bonds is 3. The molecule has 0 aromatic carbocycles. The van der Waals surface area contributed by atoms with Crippen LogP contribution in [0.25, 0.3) is 0 Å². The number of nitrogens with one attached hydrogen (secondary N) is 1. The molecule has 0 radical (unpaired) electrons. The molecule has 2 unspecified atom stereocenters. The lowest BCUT2D eigenvalue weighted by Crippen LogP contribution is -2.49. The third-order valence-electron chi connectivity index (χ3n) is 3.35. The van der Waals surface area contributed by atoms with Crippen molar-refractivity contribution in [3.63, 3.8) is 0 Å². The molecule has 0 aliphatic carbocycles. The quantitative estimate of drug-likeness (QED) is 0.751. The molecular weight excluding hydrogens is 228 g/mol. The van der Waals surface area contributed by atoms with Crippen LogP contribution in [0.3, 0.4) is 0 Å². The number of hydrogen-bond donors (Lipinski definition) is 1. The van der Waals surface area contributed by atoms with Crippen molar-refractivity contribution in [3.05, 3.63) is 0 Å². The fourth-order valence-electron chi connectivity index (χ4n) is 2.26. The van der Waals surface area contributed by atoms with Gasteiger partial charge in [-0.2, -0.15) is 4.31 Å². The summed E-state index contributed by atoms with van der Waals surface area (Å²) in [6, 6.07) is 0. The standard InChI is InChI=1S/C10H20N2O3S/c1-2-9-8-12(5-6-15-9)16(13,14)10-3-4-11-7-10/h9-11H,2-8H2,1H3. The van der Waals surface area contributed by atoms with E-state index in [-0.39, 0.29) is 11.4 Å². The van der Waals surface area contributed by atoms with Crippen LogP contribution in [0.15, 0.2) is 0 Å². The molecule has 16 heavy (non-hydrogen) atoms. The Kier molecular flexibility index (Phi) is 3.84. The zero-order valence-corrected chi connectivity index (χ0v) is 10.5. The molecule has 0 aromatic heterocycles. The van der Waals surface area contributed by atoms with Gasteiger partial charge in [0.15, 0.2) is 0 Å². The lowest BCUT2D eigenvalue weighted by atomic mass is 10.2. The molecule has 5 nitrogen and oxygen atoms in total. The fraction of sp³-hybridized carbons (Fsp3) is 1.00. The topological polar surface area (TPSA) is 58.6 Å². The molecule has 0 spiro atoms. The van der Waals surface area contributed by atoms with Crippen molar-refractivity contribution in [1.29, 1.82) is 0 Å². The van der Waals surface area contributed by atoms with Crippen LogP contribution in [0, 0.1) is 0 Å². The summed E-state index contributed by atoms with van der Waals surface area (Å²) in [6.07, 6.45) is 1.67. The van der Waals surface area contributed by atoms with Crippen LogP contribution in [-0.4, -0.2) is 56.9 Å². The van der Waals surface area contributed by atoms with E-state index in [1.165, 1.54) is 0 Å². The maximum Gasteiger partial charge on any atom is 0.218 e. The van der Waals surface area contributed by atoms with Gasteiger partial charge >= 0.3 is 0 Å². The highest BCUT2D eigenvalue weighted by atomic mass is 32.2. The van der Waals surface area contributed by atoms with E-state index in [0.29, 0.717) is 26.2 Å². The van der Waals surface area contributed by atoms with Gasteiger partial charge in [-0.15, -0.1) is 0 Å². The average Bonchev–Trinajstić information content (AvgIpc) is 2.83. The summed E-state index contributed by atoms with van der Waals surface area (Å²) in [6.45, 7) is 4.99. The van der Waals surface area contributed by atoms with Gasteiger partial charge in [0, 0.05) is 19.6 Å². The molecule has 0 amide bonds. The van der Waals surface area contributed by atoms with Crippen LogP contribution in [0.5, 0.6) is 0 Å². The van der Waals surface area contributed by atoms with E-state index in [2.05, 4.69) is 5.32 Å². The van der Waals surface area contributed by atoms with Gasteiger partial charge in [0.2, 0.25) is 10.0 Å². The first-order valence-corrected chi connectivity index (χ1v) is 7.46. The van der Waals surface area contributed by atoms with E-state index in [1.807, 2.05) is 6.92 Å². The van der Waals surface area contributed by atoms with Crippen molar-refractivity contribution in [2.45, 2.75) is 31.1 Å². The molecule has 0 aromatic rings. The minimum absolute atomic E-state index is 0.0675. The lowest BCUT2D eigenvalue weighted by molar-refractivity contribution is -0.00300. The average molecular weight is 248 g/mol. The van der Waals surface area contributed by atoms with Crippen molar-refractivity contribution < 1.29 is 13.2 Å². The second-order valence-electron chi connectivity index (χ2n) is 4.42. The molecule has 0 saturated carbocycles. The first-order chi connectivity index (χ1) is 7.64. The van der Waals surface area contributed by atoms with Crippen LogP contribution in [0.4, 0.5) is 0 Å². The Hall–Kier alpha value is -0.170. The summed E-state index contributed by atoms with van der Waals surface area (Å²) in [5.74, 6) is 0. The minimum atomic E-state index is -3.11. The van der Waals surface area contributed by atoms with Crippen LogP contribution in [-0.2, 0) is 14.8 Å². The molecule has 2 heterocycles. The Morgan fingerprint density at radius 2 is 2.31 bits per heavy atom. The number of nitrogens with zero attached hydrogens (tertiary/aromatic N) is 1. The smallest absolute Gasteiger partial charge is 0.218 e. The van der Waals surface area contributed by atoms with E-state index in [1.54, 1.807) is 4.31 Å². The number of morpholine rings is 1. The summed E-state index contributed by atoms with van der Waals surface area (Å²) >= 11 is 0. The van der Waals surface area contributed by atoms with Gasteiger partial charge in [0.05, 0.1) is 18.0 Å². The van der Waals surface area contributed by atoms with Gasteiger partial charge in [-0.1, -0.05) is 6.92 Å². The minimum Gasteiger partial charge on any atom is -0.375 e. The summed E-state index contributed by atoms with van der Waals surface area (Å²) < 4.78 is 31.7. The summed E-state index contributed by atoms with van der Waals surface area (Å²) in [4.78, 5) is 0. The molecule has 2 aliphatic rings. The van der Waals surface area contributed by atoms with Gasteiger partial charge in [-0.05, 0) is 19.4 Å². The Morgan fingerprint density at radius 1 is 1.50 bits per heavy atom.